The molecule has 0 fully saturated rings. The van der Waals surface area contributed by atoms with E-state index in [1.807, 2.05) is 13.0 Å². The Morgan fingerprint density at radius 1 is 1.19 bits per heavy atom. The van der Waals surface area contributed by atoms with Gasteiger partial charge >= 0.3 is 0 Å². The highest BCUT2D eigenvalue weighted by Crippen LogP contribution is 2.27. The van der Waals surface area contributed by atoms with Gasteiger partial charge in [0.25, 0.3) is 5.91 Å². The second-order valence-corrected chi connectivity index (χ2v) is 10.5. The van der Waals surface area contributed by atoms with Crippen LogP contribution in [-0.2, 0) is 16.6 Å². The molecule has 2 aromatic rings. The Bertz CT molecular complexity index is 926. The number of carbonyl (C=O) groups excluding carboxylic acids is 1. The van der Waals surface area contributed by atoms with Gasteiger partial charge in [-0.2, -0.15) is 4.31 Å². The van der Waals surface area contributed by atoms with Gasteiger partial charge in [-0.25, -0.2) is 8.42 Å². The number of hydrogen-bond acceptors (Lipinski definition) is 4. The summed E-state index contributed by atoms with van der Waals surface area (Å²) in [6.45, 7) is 6.25. The van der Waals surface area contributed by atoms with E-state index in [4.69, 9.17) is 23.2 Å². The largest absolute Gasteiger partial charge is 0.334 e. The third-order valence-corrected chi connectivity index (χ3v) is 7.79. The molecule has 5 nitrogen and oxygen atoms in total. The molecule has 9 heteroatoms. The molecule has 0 saturated heterocycles. The Hall–Kier alpha value is -1.12. The van der Waals surface area contributed by atoms with E-state index in [-0.39, 0.29) is 27.4 Å². The van der Waals surface area contributed by atoms with Crippen LogP contribution in [0.15, 0.2) is 35.2 Å². The summed E-state index contributed by atoms with van der Waals surface area (Å²) in [5.74, 6) is -0.323. The summed E-state index contributed by atoms with van der Waals surface area (Å²) in [7, 11) is -2.20. The smallest absolute Gasteiger partial charge is 0.255 e. The Kier molecular flexibility index (Phi) is 7.33. The van der Waals surface area contributed by atoms with Gasteiger partial charge < -0.3 is 4.90 Å². The van der Waals surface area contributed by atoms with Crippen LogP contribution in [0.3, 0.4) is 0 Å². The molecule has 1 heterocycles. The highest BCUT2D eigenvalue weighted by atomic mass is 35.5. The maximum atomic E-state index is 13.0. The Morgan fingerprint density at radius 3 is 2.37 bits per heavy atom. The van der Waals surface area contributed by atoms with Crippen LogP contribution in [0, 0.1) is 0 Å². The van der Waals surface area contributed by atoms with E-state index in [9.17, 15) is 13.2 Å². The lowest BCUT2D eigenvalue weighted by atomic mass is 10.2. The van der Waals surface area contributed by atoms with E-state index in [1.165, 1.54) is 40.9 Å². The van der Waals surface area contributed by atoms with Crippen molar-refractivity contribution in [3.8, 4) is 0 Å². The first-order chi connectivity index (χ1) is 12.6. The topological polar surface area (TPSA) is 57.7 Å². The van der Waals surface area contributed by atoms with E-state index >= 15 is 0 Å². The van der Waals surface area contributed by atoms with Gasteiger partial charge in [0.05, 0.1) is 26.4 Å². The standard InChI is InChI=1S/C18H22Cl2N2O3S2/c1-5-22(11-13-6-9-17(20)26-13)18(23)15-10-14(7-8-16(15)19)27(24,25)21(4)12(2)3/h6-10,12H,5,11H2,1-4H3. The summed E-state index contributed by atoms with van der Waals surface area (Å²) in [5.41, 5.74) is 0.166. The molecule has 0 aliphatic carbocycles. The molecule has 0 unspecified atom stereocenters. The molecule has 0 radical (unpaired) electrons. The van der Waals surface area contributed by atoms with Crippen LogP contribution in [0.2, 0.25) is 9.36 Å². The zero-order chi connectivity index (χ0) is 20.4. The third kappa shape index (κ3) is 5.03. The van der Waals surface area contributed by atoms with E-state index < -0.39 is 10.0 Å². The number of halogens is 2. The average molecular weight is 449 g/mol. The normalized spacial score (nSPS) is 12.0. The minimum atomic E-state index is -3.71. The lowest BCUT2D eigenvalue weighted by molar-refractivity contribution is 0.0754. The molecule has 0 bridgehead atoms. The quantitative estimate of drug-likeness (QED) is 0.613. The van der Waals surface area contributed by atoms with E-state index in [2.05, 4.69) is 0 Å². The average Bonchev–Trinajstić information content (AvgIpc) is 3.03. The lowest BCUT2D eigenvalue weighted by Crippen LogP contribution is -2.33. The highest BCUT2D eigenvalue weighted by Gasteiger charge is 2.26. The van der Waals surface area contributed by atoms with Crippen molar-refractivity contribution in [3.05, 3.63) is 50.1 Å². The molecule has 148 valence electrons. The van der Waals surface area contributed by atoms with Crippen molar-refractivity contribution in [2.75, 3.05) is 13.6 Å². The van der Waals surface area contributed by atoms with Crippen molar-refractivity contribution in [1.29, 1.82) is 0 Å². The number of rotatable bonds is 7. The zero-order valence-electron chi connectivity index (χ0n) is 15.6. The summed E-state index contributed by atoms with van der Waals surface area (Å²) in [5, 5.41) is 0.216. The molecule has 0 N–H and O–H groups in total. The molecule has 0 spiro atoms. The van der Waals surface area contributed by atoms with E-state index in [1.54, 1.807) is 24.8 Å². The summed E-state index contributed by atoms with van der Waals surface area (Å²) in [6.07, 6.45) is 0. The predicted molar refractivity (Wildman–Crippen MR) is 111 cm³/mol. The predicted octanol–water partition coefficient (Wildman–Crippen LogP) is 4.75. The molecule has 1 amide bonds. The van der Waals surface area contributed by atoms with Crippen molar-refractivity contribution in [2.24, 2.45) is 0 Å². The first-order valence-corrected chi connectivity index (χ1v) is 11.4. The molecule has 0 aliphatic heterocycles. The van der Waals surface area contributed by atoms with Gasteiger partial charge in [-0.1, -0.05) is 23.2 Å². The lowest BCUT2D eigenvalue weighted by Gasteiger charge is -2.23. The monoisotopic (exact) mass is 448 g/mol. The fourth-order valence-corrected chi connectivity index (χ4v) is 5.09. The van der Waals surface area contributed by atoms with Gasteiger partial charge in [-0.15, -0.1) is 11.3 Å². The molecule has 0 atom stereocenters. The number of sulfonamides is 1. The van der Waals surface area contributed by atoms with Crippen molar-refractivity contribution < 1.29 is 13.2 Å². The number of hydrogen-bond donors (Lipinski definition) is 0. The van der Waals surface area contributed by atoms with Crippen LogP contribution >= 0.6 is 34.5 Å². The van der Waals surface area contributed by atoms with Crippen molar-refractivity contribution >= 4 is 50.5 Å². The number of thiophene rings is 1. The molecule has 27 heavy (non-hydrogen) atoms. The maximum Gasteiger partial charge on any atom is 0.255 e. The van der Waals surface area contributed by atoms with Gasteiger partial charge in [-0.05, 0) is 51.1 Å². The summed E-state index contributed by atoms with van der Waals surface area (Å²) in [6, 6.07) is 7.66. The minimum absolute atomic E-state index is 0.0432. The van der Waals surface area contributed by atoms with E-state index in [0.29, 0.717) is 17.4 Å². The molecule has 2 rings (SSSR count). The minimum Gasteiger partial charge on any atom is -0.334 e. The summed E-state index contributed by atoms with van der Waals surface area (Å²) >= 11 is 13.6. The van der Waals surface area contributed by atoms with Gasteiger partial charge in [0, 0.05) is 24.5 Å². The summed E-state index contributed by atoms with van der Waals surface area (Å²) in [4.78, 5) is 15.6. The van der Waals surface area contributed by atoms with Crippen LogP contribution in [0.4, 0.5) is 0 Å². The fourth-order valence-electron chi connectivity index (χ4n) is 2.39. The summed E-state index contributed by atoms with van der Waals surface area (Å²) < 4.78 is 27.4. The van der Waals surface area contributed by atoms with Crippen molar-refractivity contribution in [2.45, 2.75) is 38.3 Å². The van der Waals surface area contributed by atoms with Crippen LogP contribution in [-0.4, -0.2) is 43.2 Å². The highest BCUT2D eigenvalue weighted by molar-refractivity contribution is 7.89. The second-order valence-electron chi connectivity index (χ2n) is 6.28. The molecule has 1 aromatic carbocycles. The molecular weight excluding hydrogens is 427 g/mol. The number of amides is 1. The SMILES string of the molecule is CCN(Cc1ccc(Cl)s1)C(=O)c1cc(S(=O)(=O)N(C)C(C)C)ccc1Cl. The molecule has 1 aromatic heterocycles. The van der Waals surface area contributed by atoms with Gasteiger partial charge in [0.2, 0.25) is 10.0 Å². The number of carbonyl (C=O) groups is 1. The van der Waals surface area contributed by atoms with Crippen LogP contribution in [0.5, 0.6) is 0 Å². The van der Waals surface area contributed by atoms with Crippen LogP contribution in [0.1, 0.15) is 36.0 Å². The second kappa shape index (κ2) is 8.92. The first-order valence-electron chi connectivity index (χ1n) is 8.39. The van der Waals surface area contributed by atoms with Gasteiger partial charge in [0.1, 0.15) is 0 Å². The maximum absolute atomic E-state index is 13.0. The Labute approximate surface area is 174 Å². The number of benzene rings is 1. The van der Waals surface area contributed by atoms with Gasteiger partial charge in [0.15, 0.2) is 0 Å². The Balaban J connectivity index is 2.37. The zero-order valence-corrected chi connectivity index (χ0v) is 18.7. The van der Waals surface area contributed by atoms with Gasteiger partial charge in [-0.3, -0.25) is 4.79 Å². The fraction of sp³-hybridized carbons (Fsp3) is 0.389. The van der Waals surface area contributed by atoms with Crippen molar-refractivity contribution in [1.82, 2.24) is 9.21 Å². The van der Waals surface area contributed by atoms with Crippen LogP contribution in [0.25, 0.3) is 0 Å². The molecule has 0 saturated carbocycles. The number of nitrogens with zero attached hydrogens (tertiary/aromatic N) is 2. The first kappa shape index (κ1) is 22.2. The molecule has 0 aliphatic rings. The van der Waals surface area contributed by atoms with Crippen molar-refractivity contribution in [3.63, 3.8) is 0 Å². The molecular formula is C18H22Cl2N2O3S2. The van der Waals surface area contributed by atoms with E-state index in [0.717, 1.165) is 4.88 Å². The Morgan fingerprint density at radius 2 is 1.85 bits per heavy atom. The van der Waals surface area contributed by atoms with Crippen LogP contribution < -0.4 is 0 Å². The third-order valence-electron chi connectivity index (χ3n) is 4.22.